The number of halogens is 2. The van der Waals surface area contributed by atoms with Gasteiger partial charge in [-0.25, -0.2) is 4.39 Å². The average Bonchev–Trinajstić information content (AvgIpc) is 3.63. The summed E-state index contributed by atoms with van der Waals surface area (Å²) in [5.41, 5.74) is 1.67. The van der Waals surface area contributed by atoms with Gasteiger partial charge in [0.2, 0.25) is 5.91 Å². The summed E-state index contributed by atoms with van der Waals surface area (Å²) in [7, 11) is 0. The summed E-state index contributed by atoms with van der Waals surface area (Å²) in [6.45, 7) is 4.92. The number of anilines is 1. The first-order valence-electron chi connectivity index (χ1n) is 14.1. The fourth-order valence-corrected chi connectivity index (χ4v) is 6.10. The number of hydrogen-bond acceptors (Lipinski definition) is 6. The van der Waals surface area contributed by atoms with Crippen molar-refractivity contribution in [3.8, 4) is 5.75 Å². The van der Waals surface area contributed by atoms with Crippen molar-refractivity contribution in [2.75, 3.05) is 50.8 Å². The number of amides is 1. The maximum absolute atomic E-state index is 13.6. The largest absolute Gasteiger partial charge is 0.484 e. The van der Waals surface area contributed by atoms with E-state index in [4.69, 9.17) is 21.1 Å². The van der Waals surface area contributed by atoms with Gasteiger partial charge in [-0.2, -0.15) is 0 Å². The normalized spacial score (nSPS) is 21.4. The number of nitrogens with zero attached hydrogens (tertiary/aromatic N) is 2. The topological polar surface area (TPSA) is 74.3 Å². The molecule has 0 spiro atoms. The van der Waals surface area contributed by atoms with Gasteiger partial charge in [0.25, 0.3) is 0 Å². The molecule has 3 saturated heterocycles. The highest BCUT2D eigenvalue weighted by Crippen LogP contribution is 2.32. The smallest absolute Gasteiger partial charge is 0.225 e. The van der Waals surface area contributed by atoms with E-state index < -0.39 is 12.1 Å². The molecule has 3 fully saturated rings. The number of carbonyl (C=O) groups is 1. The van der Waals surface area contributed by atoms with E-state index in [-0.39, 0.29) is 23.7 Å². The molecule has 3 aliphatic heterocycles. The second-order valence-electron chi connectivity index (χ2n) is 11.1. The molecule has 2 N–H and O–H groups in total. The highest BCUT2D eigenvalue weighted by atomic mass is 35.5. The molecular weight excluding hydrogens is 533 g/mol. The summed E-state index contributed by atoms with van der Waals surface area (Å²) in [4.78, 5) is 18.0. The number of nitrogens with one attached hydrogen (secondary N) is 1. The van der Waals surface area contributed by atoms with E-state index in [0.29, 0.717) is 42.6 Å². The Hall–Kier alpha value is -2.91. The van der Waals surface area contributed by atoms with E-state index in [1.807, 2.05) is 24.3 Å². The van der Waals surface area contributed by atoms with Gasteiger partial charge in [0, 0.05) is 25.3 Å². The minimum Gasteiger partial charge on any atom is -0.484 e. The molecule has 9 heteroatoms. The third-order valence-corrected chi connectivity index (χ3v) is 8.57. The van der Waals surface area contributed by atoms with Crippen molar-refractivity contribution in [1.82, 2.24) is 10.2 Å². The van der Waals surface area contributed by atoms with Gasteiger partial charge in [-0.15, -0.1) is 0 Å². The van der Waals surface area contributed by atoms with Crippen molar-refractivity contribution in [2.45, 2.75) is 37.5 Å². The van der Waals surface area contributed by atoms with E-state index in [1.54, 1.807) is 18.2 Å². The van der Waals surface area contributed by atoms with Crippen LogP contribution in [-0.2, 0) is 9.53 Å². The molecule has 0 aromatic heterocycles. The number of carbonyl (C=O) groups excluding carboxylic acids is 1. The molecule has 3 atom stereocenters. The van der Waals surface area contributed by atoms with Crippen LogP contribution in [0.5, 0.6) is 5.75 Å². The molecule has 212 valence electrons. The molecule has 7 nitrogen and oxygen atoms in total. The quantitative estimate of drug-likeness (QED) is 0.395. The summed E-state index contributed by atoms with van der Waals surface area (Å²) in [6.07, 6.45) is 2.05. The first kappa shape index (κ1) is 27.3. The van der Waals surface area contributed by atoms with Crippen LogP contribution in [0.1, 0.15) is 30.9 Å². The molecular formula is C31H35ClFN3O4. The van der Waals surface area contributed by atoms with Crippen LogP contribution in [-0.4, -0.2) is 74.0 Å². The van der Waals surface area contributed by atoms with Gasteiger partial charge in [-0.3, -0.25) is 4.79 Å². The molecule has 1 amide bonds. The van der Waals surface area contributed by atoms with Crippen LogP contribution in [0.2, 0.25) is 5.02 Å². The van der Waals surface area contributed by atoms with Crippen LogP contribution < -0.4 is 15.0 Å². The van der Waals surface area contributed by atoms with Gasteiger partial charge in [-0.1, -0.05) is 29.8 Å². The van der Waals surface area contributed by atoms with Crippen LogP contribution >= 0.6 is 11.6 Å². The third kappa shape index (κ3) is 6.05. The first-order chi connectivity index (χ1) is 19.4. The van der Waals surface area contributed by atoms with Crippen LogP contribution in [0, 0.1) is 11.7 Å². The zero-order chi connectivity index (χ0) is 27.6. The zero-order valence-electron chi connectivity index (χ0n) is 22.4. The monoisotopic (exact) mass is 567 g/mol. The van der Waals surface area contributed by atoms with Crippen LogP contribution in [0.25, 0.3) is 10.8 Å². The van der Waals surface area contributed by atoms with Gasteiger partial charge in [0.15, 0.2) is 0 Å². The number of aliphatic hydroxyl groups is 1. The Balaban J connectivity index is 1.13. The molecule has 3 heterocycles. The Morgan fingerprint density at radius 3 is 2.60 bits per heavy atom. The summed E-state index contributed by atoms with van der Waals surface area (Å²) < 4.78 is 24.6. The minimum absolute atomic E-state index is 0.000871. The Labute approximate surface area is 238 Å². The fraction of sp³-hybridized carbons (Fsp3) is 0.452. The molecule has 6 rings (SSSR count). The SMILES string of the molecule is O=C(N[C@H](CN1CCCC1)[C@H](O)c1ccc(OC2COC2)c(Cl)c1)C1CCN(c2ccc3cc(F)ccc3c2)C1. The highest BCUT2D eigenvalue weighted by molar-refractivity contribution is 6.32. The minimum atomic E-state index is -0.915. The second kappa shape index (κ2) is 11.9. The van der Waals surface area contributed by atoms with Gasteiger partial charge >= 0.3 is 0 Å². The molecule has 0 bridgehead atoms. The van der Waals surface area contributed by atoms with Crippen molar-refractivity contribution < 1.29 is 23.8 Å². The van der Waals surface area contributed by atoms with E-state index >= 15 is 0 Å². The molecule has 0 radical (unpaired) electrons. The maximum Gasteiger partial charge on any atom is 0.225 e. The lowest BCUT2D eigenvalue weighted by Crippen LogP contribution is -2.48. The van der Waals surface area contributed by atoms with Crippen molar-refractivity contribution in [3.63, 3.8) is 0 Å². The van der Waals surface area contributed by atoms with E-state index in [0.717, 1.165) is 55.4 Å². The summed E-state index contributed by atoms with van der Waals surface area (Å²) in [5.74, 6) is 0.0703. The molecule has 40 heavy (non-hydrogen) atoms. The number of fused-ring (bicyclic) bond motifs is 1. The Bertz CT molecular complexity index is 1360. The van der Waals surface area contributed by atoms with E-state index in [9.17, 15) is 14.3 Å². The standard InChI is InChI=1S/C31H35ClFN3O4/c32-27-15-22(5-8-29(27)40-26-18-39-19-26)30(37)28(17-35-10-1-2-11-35)34-31(38)23-9-12-36(16-23)25-7-4-20-13-24(33)6-3-21(20)14-25/h3-8,13-15,23,26,28,30,37H,1-2,9-12,16-19H2,(H,34,38)/t23?,28-,30-/m1/s1. The lowest BCUT2D eigenvalue weighted by atomic mass is 10.00. The summed E-state index contributed by atoms with van der Waals surface area (Å²) in [6, 6.07) is 15.6. The number of benzene rings is 3. The second-order valence-corrected chi connectivity index (χ2v) is 11.5. The van der Waals surface area contributed by atoms with Gasteiger partial charge < -0.3 is 29.7 Å². The average molecular weight is 568 g/mol. The molecule has 3 aromatic rings. The predicted molar refractivity (Wildman–Crippen MR) is 153 cm³/mol. The van der Waals surface area contributed by atoms with Crippen LogP contribution in [0.3, 0.4) is 0 Å². The number of ether oxygens (including phenoxy) is 2. The Morgan fingerprint density at radius 1 is 1.07 bits per heavy atom. The van der Waals surface area contributed by atoms with E-state index in [2.05, 4.69) is 15.1 Å². The lowest BCUT2D eigenvalue weighted by Gasteiger charge is -2.30. The first-order valence-corrected chi connectivity index (χ1v) is 14.5. The van der Waals surface area contributed by atoms with Crippen molar-refractivity contribution in [2.24, 2.45) is 5.92 Å². The van der Waals surface area contributed by atoms with E-state index in [1.165, 1.54) is 12.1 Å². The number of rotatable bonds is 9. The van der Waals surface area contributed by atoms with Crippen LogP contribution in [0.4, 0.5) is 10.1 Å². The van der Waals surface area contributed by atoms with Crippen LogP contribution in [0.15, 0.2) is 54.6 Å². The van der Waals surface area contributed by atoms with Gasteiger partial charge in [0.05, 0.1) is 30.2 Å². The molecule has 3 aliphatic rings. The number of hydrogen-bond donors (Lipinski definition) is 2. The van der Waals surface area contributed by atoms with Gasteiger partial charge in [-0.05, 0) is 85.1 Å². The molecule has 1 unspecified atom stereocenters. The number of likely N-dealkylation sites (tertiary alicyclic amines) is 1. The predicted octanol–water partition coefficient (Wildman–Crippen LogP) is 4.55. The van der Waals surface area contributed by atoms with Crippen molar-refractivity contribution in [1.29, 1.82) is 0 Å². The lowest BCUT2D eigenvalue weighted by molar-refractivity contribution is -0.126. The molecule has 0 aliphatic carbocycles. The third-order valence-electron chi connectivity index (χ3n) is 8.27. The number of aliphatic hydroxyl groups excluding tert-OH is 1. The van der Waals surface area contributed by atoms with Crippen molar-refractivity contribution in [3.05, 3.63) is 71.0 Å². The zero-order valence-corrected chi connectivity index (χ0v) is 23.2. The summed E-state index contributed by atoms with van der Waals surface area (Å²) >= 11 is 6.50. The molecule has 3 aromatic carbocycles. The summed E-state index contributed by atoms with van der Waals surface area (Å²) in [5, 5.41) is 16.9. The van der Waals surface area contributed by atoms with Crippen molar-refractivity contribution >= 4 is 34.0 Å². The maximum atomic E-state index is 13.6. The van der Waals surface area contributed by atoms with Gasteiger partial charge in [0.1, 0.15) is 23.8 Å². The Kier molecular flexibility index (Phi) is 8.12. The Morgan fingerprint density at radius 2 is 1.85 bits per heavy atom. The highest BCUT2D eigenvalue weighted by Gasteiger charge is 2.33. The molecule has 0 saturated carbocycles. The fourth-order valence-electron chi connectivity index (χ4n) is 5.87.